The molecule has 2 N–H and O–H groups in total. The number of nitrogens with two attached hydrogens (primary N) is 1. The molecule has 0 fully saturated rings. The van der Waals surface area contributed by atoms with E-state index in [0.29, 0.717) is 5.69 Å². The molecule has 0 aliphatic heterocycles. The lowest BCUT2D eigenvalue weighted by Gasteiger charge is -2.06. The molecule has 1 rings (SSSR count). The molecule has 0 atom stereocenters. The molecule has 0 bridgehead atoms. The normalized spacial score (nSPS) is 10.2. The van der Waals surface area contributed by atoms with Crippen LogP contribution in [0.25, 0.3) is 0 Å². The van der Waals surface area contributed by atoms with Gasteiger partial charge in [0.05, 0.1) is 29.4 Å². The Balaban J connectivity index is 3.18. The highest BCUT2D eigenvalue weighted by atomic mass is 127. The fraction of sp³-hybridized carbons (Fsp3) is 0.250. The van der Waals surface area contributed by atoms with Crippen molar-refractivity contribution < 1.29 is 8.78 Å². The minimum absolute atomic E-state index is 0.0331. The molecule has 0 saturated heterocycles. The largest absolute Gasteiger partial charge is 0.397 e. The Labute approximate surface area is 93.1 Å². The van der Waals surface area contributed by atoms with Crippen LogP contribution in [0, 0.1) is 15.0 Å². The Morgan fingerprint density at radius 2 is 2.29 bits per heavy atom. The lowest BCUT2D eigenvalue weighted by Crippen LogP contribution is -2.03. The van der Waals surface area contributed by atoms with Crippen molar-refractivity contribution in [1.82, 2.24) is 4.98 Å². The number of rotatable bonds is 2. The summed E-state index contributed by atoms with van der Waals surface area (Å²) < 4.78 is 24.9. The summed E-state index contributed by atoms with van der Waals surface area (Å²) in [7, 11) is 0. The van der Waals surface area contributed by atoms with E-state index in [1.807, 2.05) is 6.07 Å². The molecule has 3 nitrogen and oxygen atoms in total. The lowest BCUT2D eigenvalue weighted by atomic mass is 10.2. The fourth-order valence-electron chi connectivity index (χ4n) is 0.927. The van der Waals surface area contributed by atoms with Crippen LogP contribution in [0.1, 0.15) is 17.7 Å². The molecule has 0 aliphatic carbocycles. The molecule has 1 heterocycles. The predicted octanol–water partition coefficient (Wildman–Crippen LogP) is 2.27. The first-order chi connectivity index (χ1) is 6.56. The Morgan fingerprint density at radius 1 is 1.64 bits per heavy atom. The van der Waals surface area contributed by atoms with Crippen molar-refractivity contribution in [2.24, 2.45) is 0 Å². The van der Waals surface area contributed by atoms with E-state index >= 15 is 0 Å². The van der Waals surface area contributed by atoms with Gasteiger partial charge in [0.25, 0.3) is 6.43 Å². The number of nitrogen functional groups attached to an aromatic ring is 1. The van der Waals surface area contributed by atoms with Crippen molar-refractivity contribution in [3.8, 4) is 6.07 Å². The van der Waals surface area contributed by atoms with Gasteiger partial charge in [-0.25, -0.2) is 13.8 Å². The molecule has 0 unspecified atom stereocenters. The lowest BCUT2D eigenvalue weighted by molar-refractivity contribution is 0.150. The van der Waals surface area contributed by atoms with Crippen molar-refractivity contribution >= 4 is 28.3 Å². The number of halogens is 3. The second kappa shape index (κ2) is 4.50. The van der Waals surface area contributed by atoms with E-state index in [1.54, 1.807) is 22.6 Å². The van der Waals surface area contributed by atoms with E-state index in [9.17, 15) is 8.78 Å². The number of hydrogen-bond donors (Lipinski definition) is 1. The monoisotopic (exact) mass is 309 g/mol. The van der Waals surface area contributed by atoms with Gasteiger partial charge in [-0.15, -0.1) is 0 Å². The molecular weight excluding hydrogens is 303 g/mol. The van der Waals surface area contributed by atoms with Crippen molar-refractivity contribution in [2.75, 3.05) is 5.73 Å². The summed E-state index contributed by atoms with van der Waals surface area (Å²) in [5.41, 5.74) is 5.76. The smallest absolute Gasteiger partial charge is 0.266 e. The molecule has 1 aromatic heterocycles. The van der Waals surface area contributed by atoms with Crippen molar-refractivity contribution in [3.63, 3.8) is 0 Å². The highest BCUT2D eigenvalue weighted by Gasteiger charge is 2.15. The average Bonchev–Trinajstić information content (AvgIpc) is 2.10. The average molecular weight is 309 g/mol. The van der Waals surface area contributed by atoms with Gasteiger partial charge in [-0.05, 0) is 28.7 Å². The molecule has 0 radical (unpaired) electrons. The number of hydrogen-bond acceptors (Lipinski definition) is 3. The second-order valence-electron chi connectivity index (χ2n) is 2.54. The number of aromatic nitrogens is 1. The summed E-state index contributed by atoms with van der Waals surface area (Å²) >= 11 is 1.70. The SMILES string of the molecule is N#CCc1nc(I)c(C(F)F)cc1N. The van der Waals surface area contributed by atoms with Crippen molar-refractivity contribution in [1.29, 1.82) is 5.26 Å². The molecule has 0 aliphatic rings. The Hall–Kier alpha value is -0.970. The van der Waals surface area contributed by atoms with Crippen LogP contribution in [0.3, 0.4) is 0 Å². The van der Waals surface area contributed by atoms with Crippen LogP contribution in [0.4, 0.5) is 14.5 Å². The van der Waals surface area contributed by atoms with E-state index in [-0.39, 0.29) is 21.4 Å². The van der Waals surface area contributed by atoms with Crippen LogP contribution < -0.4 is 5.73 Å². The first-order valence-electron chi connectivity index (χ1n) is 3.66. The van der Waals surface area contributed by atoms with Crippen LogP contribution in [-0.2, 0) is 6.42 Å². The zero-order valence-corrected chi connectivity index (χ0v) is 9.12. The van der Waals surface area contributed by atoms with Crippen LogP contribution in [-0.4, -0.2) is 4.98 Å². The van der Waals surface area contributed by atoms with Crippen LogP contribution in [0.2, 0.25) is 0 Å². The third-order valence-corrected chi connectivity index (χ3v) is 2.46. The van der Waals surface area contributed by atoms with E-state index in [1.165, 1.54) is 6.07 Å². The summed E-state index contributed by atoms with van der Waals surface area (Å²) in [6, 6.07) is 3.04. The highest BCUT2D eigenvalue weighted by Crippen LogP contribution is 2.26. The van der Waals surface area contributed by atoms with Gasteiger partial charge in [0.2, 0.25) is 0 Å². The van der Waals surface area contributed by atoms with Crippen molar-refractivity contribution in [2.45, 2.75) is 12.8 Å². The minimum atomic E-state index is -2.59. The van der Waals surface area contributed by atoms with Gasteiger partial charge in [-0.3, -0.25) is 0 Å². The third kappa shape index (κ3) is 2.29. The molecule has 0 amide bonds. The first-order valence-corrected chi connectivity index (χ1v) is 4.74. The Kier molecular flexibility index (Phi) is 3.57. The molecule has 0 saturated carbocycles. The van der Waals surface area contributed by atoms with E-state index < -0.39 is 6.43 Å². The van der Waals surface area contributed by atoms with Gasteiger partial charge >= 0.3 is 0 Å². The van der Waals surface area contributed by atoms with Gasteiger partial charge in [-0.1, -0.05) is 0 Å². The first kappa shape index (κ1) is 11.1. The summed E-state index contributed by atoms with van der Waals surface area (Å²) in [6.45, 7) is 0. The summed E-state index contributed by atoms with van der Waals surface area (Å²) in [5, 5.41) is 8.42. The molecule has 6 heteroatoms. The van der Waals surface area contributed by atoms with Gasteiger partial charge in [-0.2, -0.15) is 5.26 Å². The minimum Gasteiger partial charge on any atom is -0.397 e. The fourth-order valence-corrected chi connectivity index (χ4v) is 1.61. The maximum Gasteiger partial charge on any atom is 0.266 e. The number of alkyl halides is 2. The predicted molar refractivity (Wildman–Crippen MR) is 55.6 cm³/mol. The highest BCUT2D eigenvalue weighted by molar-refractivity contribution is 14.1. The van der Waals surface area contributed by atoms with Gasteiger partial charge in [0.15, 0.2) is 0 Å². The van der Waals surface area contributed by atoms with E-state index in [2.05, 4.69) is 4.98 Å². The number of anilines is 1. The molecule has 74 valence electrons. The van der Waals surface area contributed by atoms with Crippen molar-refractivity contribution in [3.05, 3.63) is 21.0 Å². The topological polar surface area (TPSA) is 62.7 Å². The van der Waals surface area contributed by atoms with Gasteiger partial charge in [0, 0.05) is 0 Å². The molecule has 14 heavy (non-hydrogen) atoms. The maximum absolute atomic E-state index is 12.4. The van der Waals surface area contributed by atoms with Crippen LogP contribution in [0.15, 0.2) is 6.07 Å². The summed E-state index contributed by atoms with van der Waals surface area (Å²) in [4.78, 5) is 3.84. The summed E-state index contributed by atoms with van der Waals surface area (Å²) in [6.07, 6.45) is -2.56. The van der Waals surface area contributed by atoms with Gasteiger partial charge in [0.1, 0.15) is 3.70 Å². The number of pyridine rings is 1. The Bertz CT molecular complexity index is 387. The second-order valence-corrected chi connectivity index (χ2v) is 3.56. The van der Waals surface area contributed by atoms with Gasteiger partial charge < -0.3 is 5.73 Å². The van der Waals surface area contributed by atoms with Crippen LogP contribution in [0.5, 0.6) is 0 Å². The quantitative estimate of drug-likeness (QED) is 0.673. The number of nitrogens with zero attached hydrogens (tertiary/aromatic N) is 2. The van der Waals surface area contributed by atoms with Crippen LogP contribution >= 0.6 is 22.6 Å². The maximum atomic E-state index is 12.4. The Morgan fingerprint density at radius 3 is 2.79 bits per heavy atom. The number of nitriles is 1. The molecule has 0 spiro atoms. The molecule has 0 aromatic carbocycles. The third-order valence-electron chi connectivity index (χ3n) is 1.60. The zero-order valence-electron chi connectivity index (χ0n) is 6.97. The van der Waals surface area contributed by atoms with E-state index in [0.717, 1.165) is 0 Å². The summed E-state index contributed by atoms with van der Waals surface area (Å²) in [5.74, 6) is 0. The molecular formula is C8H6F2IN3. The molecule has 1 aromatic rings. The zero-order chi connectivity index (χ0) is 10.7. The van der Waals surface area contributed by atoms with E-state index in [4.69, 9.17) is 11.0 Å². The standard InChI is InChI=1S/C8H6F2IN3/c9-7(10)4-3-5(13)6(1-2-12)14-8(4)11/h3,7H,1,13H2.